The van der Waals surface area contributed by atoms with E-state index in [0.29, 0.717) is 0 Å². The second kappa shape index (κ2) is 5.20. The summed E-state index contributed by atoms with van der Waals surface area (Å²) in [5.41, 5.74) is 1.31. The molecule has 0 atom stereocenters. The summed E-state index contributed by atoms with van der Waals surface area (Å²) in [5, 5.41) is 0. The highest BCUT2D eigenvalue weighted by atomic mass is 32.2. The normalized spacial score (nSPS) is 14.1. The Balaban J connectivity index is 2.04. The number of rotatable bonds is 3. The molecule has 7 heteroatoms. The Morgan fingerprint density at radius 3 is 2.26 bits per heavy atom. The van der Waals surface area contributed by atoms with Crippen LogP contribution in [0, 0.1) is 6.92 Å². The van der Waals surface area contributed by atoms with Crippen molar-refractivity contribution in [3.05, 3.63) is 59.2 Å². The van der Waals surface area contributed by atoms with Crippen LogP contribution < -0.4 is 4.72 Å². The summed E-state index contributed by atoms with van der Waals surface area (Å²) < 4.78 is 27.3. The van der Waals surface area contributed by atoms with Crippen molar-refractivity contribution < 1.29 is 18.0 Å². The first-order valence-electron chi connectivity index (χ1n) is 6.86. The number of hydrogen-bond acceptors (Lipinski definition) is 4. The van der Waals surface area contributed by atoms with Gasteiger partial charge in [0.2, 0.25) is 0 Å². The van der Waals surface area contributed by atoms with Gasteiger partial charge >= 0.3 is 0 Å². The zero-order valence-electron chi connectivity index (χ0n) is 12.5. The molecule has 1 N–H and O–H groups in total. The van der Waals surface area contributed by atoms with E-state index in [0.717, 1.165) is 10.5 Å². The van der Waals surface area contributed by atoms with Gasteiger partial charge in [0.15, 0.2) is 0 Å². The van der Waals surface area contributed by atoms with Crippen LogP contribution in [0.25, 0.3) is 0 Å². The molecule has 23 heavy (non-hydrogen) atoms. The lowest BCUT2D eigenvalue weighted by atomic mass is 10.1. The number of nitrogens with zero attached hydrogens (tertiary/aromatic N) is 1. The molecule has 0 radical (unpaired) electrons. The van der Waals surface area contributed by atoms with Gasteiger partial charge in [0.05, 0.1) is 21.7 Å². The molecule has 0 unspecified atom stereocenters. The Morgan fingerprint density at radius 1 is 0.957 bits per heavy atom. The highest BCUT2D eigenvalue weighted by Crippen LogP contribution is 2.30. The molecule has 1 aliphatic heterocycles. The average molecular weight is 330 g/mol. The van der Waals surface area contributed by atoms with Crippen LogP contribution in [0.3, 0.4) is 0 Å². The first-order chi connectivity index (χ1) is 10.8. The molecule has 0 aromatic heterocycles. The number of aryl methyl sites for hydroxylation is 1. The molecule has 118 valence electrons. The second-order valence-electron chi connectivity index (χ2n) is 5.32. The maximum absolute atomic E-state index is 12.5. The van der Waals surface area contributed by atoms with E-state index in [4.69, 9.17) is 0 Å². The quantitative estimate of drug-likeness (QED) is 0.873. The molecule has 0 aliphatic carbocycles. The fraction of sp³-hybridized carbons (Fsp3) is 0.125. The number of nitrogens with one attached hydrogen (secondary N) is 1. The van der Waals surface area contributed by atoms with Crippen molar-refractivity contribution in [1.82, 2.24) is 4.90 Å². The van der Waals surface area contributed by atoms with E-state index in [1.54, 1.807) is 12.1 Å². The van der Waals surface area contributed by atoms with Gasteiger partial charge in [-0.1, -0.05) is 23.8 Å². The highest BCUT2D eigenvalue weighted by molar-refractivity contribution is 7.92. The van der Waals surface area contributed by atoms with E-state index in [9.17, 15) is 18.0 Å². The number of sulfonamides is 1. The maximum Gasteiger partial charge on any atom is 0.263 e. The summed E-state index contributed by atoms with van der Waals surface area (Å²) in [7, 11) is -2.48. The number of carbonyl (C=O) groups excluding carboxylic acids is 2. The molecule has 2 aromatic carbocycles. The summed E-state index contributed by atoms with van der Waals surface area (Å²) in [6.07, 6.45) is 0. The van der Waals surface area contributed by atoms with Crippen molar-refractivity contribution in [2.45, 2.75) is 11.8 Å². The summed E-state index contributed by atoms with van der Waals surface area (Å²) in [5.74, 6) is -0.964. The molecule has 2 amide bonds. The fourth-order valence-corrected chi connectivity index (χ4v) is 3.48. The lowest BCUT2D eigenvalue weighted by Crippen LogP contribution is -2.24. The first kappa shape index (κ1) is 15.2. The predicted molar refractivity (Wildman–Crippen MR) is 84.9 cm³/mol. The SMILES string of the molecule is Cc1ccc(S(=O)(=O)Nc2cccc3c2C(=O)N(C)C3=O)cc1. The molecule has 6 nitrogen and oxygen atoms in total. The third kappa shape index (κ3) is 2.49. The monoisotopic (exact) mass is 330 g/mol. The van der Waals surface area contributed by atoms with Crippen molar-refractivity contribution in [2.24, 2.45) is 0 Å². The zero-order chi connectivity index (χ0) is 16.8. The van der Waals surface area contributed by atoms with Crippen LogP contribution in [-0.4, -0.2) is 32.2 Å². The fourth-order valence-electron chi connectivity index (χ4n) is 2.41. The van der Waals surface area contributed by atoms with E-state index in [-0.39, 0.29) is 21.7 Å². The van der Waals surface area contributed by atoms with Crippen molar-refractivity contribution in [2.75, 3.05) is 11.8 Å². The molecule has 2 aromatic rings. The van der Waals surface area contributed by atoms with Crippen LogP contribution in [0.2, 0.25) is 0 Å². The number of amides is 2. The van der Waals surface area contributed by atoms with Crippen molar-refractivity contribution >= 4 is 27.5 Å². The summed E-state index contributed by atoms with van der Waals surface area (Å²) in [6, 6.07) is 10.9. The highest BCUT2D eigenvalue weighted by Gasteiger charge is 2.35. The van der Waals surface area contributed by atoms with Crippen LogP contribution in [0.1, 0.15) is 26.3 Å². The Labute approximate surface area is 133 Å². The zero-order valence-corrected chi connectivity index (χ0v) is 13.3. The van der Waals surface area contributed by atoms with Crippen LogP contribution >= 0.6 is 0 Å². The Kier molecular flexibility index (Phi) is 3.45. The lowest BCUT2D eigenvalue weighted by molar-refractivity contribution is 0.0693. The molecule has 1 aliphatic rings. The van der Waals surface area contributed by atoms with Gasteiger partial charge in [0, 0.05) is 7.05 Å². The average Bonchev–Trinajstić information content (AvgIpc) is 2.73. The third-order valence-corrected chi connectivity index (χ3v) is 5.08. The van der Waals surface area contributed by atoms with Crippen LogP contribution in [0.15, 0.2) is 47.4 Å². The van der Waals surface area contributed by atoms with E-state index in [1.807, 2.05) is 6.92 Å². The molecule has 0 spiro atoms. The van der Waals surface area contributed by atoms with Gasteiger partial charge in [0.25, 0.3) is 21.8 Å². The number of benzene rings is 2. The van der Waals surface area contributed by atoms with Gasteiger partial charge in [-0.05, 0) is 31.2 Å². The molecule has 0 saturated heterocycles. The van der Waals surface area contributed by atoms with Crippen molar-refractivity contribution in [3.63, 3.8) is 0 Å². The van der Waals surface area contributed by atoms with Gasteiger partial charge < -0.3 is 0 Å². The van der Waals surface area contributed by atoms with Gasteiger partial charge in [-0.2, -0.15) is 0 Å². The van der Waals surface area contributed by atoms with Gasteiger partial charge in [-0.15, -0.1) is 0 Å². The number of anilines is 1. The Bertz CT molecular complexity index is 918. The number of fused-ring (bicyclic) bond motifs is 1. The van der Waals surface area contributed by atoms with E-state index in [1.165, 1.54) is 37.4 Å². The largest absolute Gasteiger partial charge is 0.279 e. The second-order valence-corrected chi connectivity index (χ2v) is 7.00. The number of imide groups is 1. The molecular formula is C16H14N2O4S. The Morgan fingerprint density at radius 2 is 1.61 bits per heavy atom. The summed E-state index contributed by atoms with van der Waals surface area (Å²) in [6.45, 7) is 1.86. The Hall–Kier alpha value is -2.67. The molecule has 3 rings (SSSR count). The molecule has 0 saturated carbocycles. The molecule has 0 bridgehead atoms. The van der Waals surface area contributed by atoms with Crippen LogP contribution in [-0.2, 0) is 10.0 Å². The van der Waals surface area contributed by atoms with Crippen molar-refractivity contribution in [3.8, 4) is 0 Å². The molecular weight excluding hydrogens is 316 g/mol. The maximum atomic E-state index is 12.5. The van der Waals surface area contributed by atoms with Gasteiger partial charge in [-0.25, -0.2) is 8.42 Å². The van der Waals surface area contributed by atoms with Crippen LogP contribution in [0.5, 0.6) is 0 Å². The first-order valence-corrected chi connectivity index (χ1v) is 8.34. The topological polar surface area (TPSA) is 83.6 Å². The number of hydrogen-bond donors (Lipinski definition) is 1. The summed E-state index contributed by atoms with van der Waals surface area (Å²) in [4.78, 5) is 25.2. The lowest BCUT2D eigenvalue weighted by Gasteiger charge is -2.11. The minimum absolute atomic E-state index is 0.0793. The molecule has 0 fully saturated rings. The molecule has 1 heterocycles. The standard InChI is InChI=1S/C16H14N2O4S/c1-10-6-8-11(9-7-10)23(21,22)17-13-5-3-4-12-14(13)16(20)18(2)15(12)19/h3-9,17H,1-2H3. The smallest absolute Gasteiger partial charge is 0.263 e. The predicted octanol–water partition coefficient (Wildman–Crippen LogP) is 2.02. The minimum Gasteiger partial charge on any atom is -0.279 e. The van der Waals surface area contributed by atoms with E-state index >= 15 is 0 Å². The minimum atomic E-state index is -3.84. The number of carbonyl (C=O) groups is 2. The van der Waals surface area contributed by atoms with Gasteiger partial charge in [0.1, 0.15) is 0 Å². The third-order valence-electron chi connectivity index (χ3n) is 3.69. The summed E-state index contributed by atoms with van der Waals surface area (Å²) >= 11 is 0. The van der Waals surface area contributed by atoms with Crippen molar-refractivity contribution in [1.29, 1.82) is 0 Å². The van der Waals surface area contributed by atoms with E-state index < -0.39 is 21.8 Å². The van der Waals surface area contributed by atoms with Crippen LogP contribution in [0.4, 0.5) is 5.69 Å². The van der Waals surface area contributed by atoms with Gasteiger partial charge in [-0.3, -0.25) is 19.2 Å². The van der Waals surface area contributed by atoms with E-state index in [2.05, 4.69) is 4.72 Å².